The van der Waals surface area contributed by atoms with E-state index in [1.807, 2.05) is 37.7 Å². The zero-order valence-corrected chi connectivity index (χ0v) is 15.0. The Morgan fingerprint density at radius 3 is 3.05 bits per heavy atom. The van der Waals surface area contributed by atoms with E-state index in [4.69, 9.17) is 4.52 Å². The van der Waals surface area contributed by atoms with E-state index in [-0.39, 0.29) is 18.3 Å². The first kappa shape index (κ1) is 19.0. The van der Waals surface area contributed by atoms with Gasteiger partial charge >= 0.3 is 0 Å². The van der Waals surface area contributed by atoms with E-state index < -0.39 is 0 Å². The van der Waals surface area contributed by atoms with E-state index in [9.17, 15) is 4.79 Å². The van der Waals surface area contributed by atoms with Crippen molar-refractivity contribution in [2.75, 3.05) is 32.9 Å². The minimum Gasteiger partial charge on any atom is -0.355 e. The monoisotopic (exact) mass is 361 g/mol. The van der Waals surface area contributed by atoms with E-state index >= 15 is 0 Å². The van der Waals surface area contributed by atoms with Crippen LogP contribution in [0.2, 0.25) is 0 Å². The SMILES string of the molecule is CNCCN(C)C(=O)CSCc1cc(-c2cccs2)on1.Cl. The first-order valence-electron chi connectivity index (χ1n) is 6.66. The predicted molar refractivity (Wildman–Crippen MR) is 94.8 cm³/mol. The second-order valence-electron chi connectivity index (χ2n) is 4.57. The number of nitrogens with one attached hydrogen (secondary N) is 1. The molecule has 5 nitrogen and oxygen atoms in total. The van der Waals surface area contributed by atoms with Crippen LogP contribution >= 0.6 is 35.5 Å². The lowest BCUT2D eigenvalue weighted by atomic mass is 10.3. The highest BCUT2D eigenvalue weighted by molar-refractivity contribution is 7.99. The maximum atomic E-state index is 11.9. The summed E-state index contributed by atoms with van der Waals surface area (Å²) in [6.07, 6.45) is 0. The normalized spacial score (nSPS) is 10.3. The van der Waals surface area contributed by atoms with Crippen LogP contribution in [0.4, 0.5) is 0 Å². The summed E-state index contributed by atoms with van der Waals surface area (Å²) < 4.78 is 5.31. The van der Waals surface area contributed by atoms with E-state index in [2.05, 4.69) is 10.5 Å². The van der Waals surface area contributed by atoms with Gasteiger partial charge in [0.2, 0.25) is 5.91 Å². The Bertz CT molecular complexity index is 560. The van der Waals surface area contributed by atoms with E-state index in [0.717, 1.165) is 29.4 Å². The molecule has 0 saturated heterocycles. The van der Waals surface area contributed by atoms with Crippen LogP contribution in [0, 0.1) is 0 Å². The Hall–Kier alpha value is -1.02. The van der Waals surface area contributed by atoms with Gasteiger partial charge in [0, 0.05) is 32.0 Å². The minimum atomic E-state index is 0. The molecule has 2 aromatic rings. The lowest BCUT2D eigenvalue weighted by molar-refractivity contribution is -0.127. The van der Waals surface area contributed by atoms with Gasteiger partial charge in [0.25, 0.3) is 0 Å². The third kappa shape index (κ3) is 5.64. The fourth-order valence-electron chi connectivity index (χ4n) is 1.67. The zero-order valence-electron chi connectivity index (χ0n) is 12.6. The third-order valence-electron chi connectivity index (χ3n) is 2.92. The van der Waals surface area contributed by atoms with Crippen LogP contribution in [-0.4, -0.2) is 48.9 Å². The van der Waals surface area contributed by atoms with Crippen LogP contribution in [-0.2, 0) is 10.5 Å². The van der Waals surface area contributed by atoms with Crippen molar-refractivity contribution in [1.29, 1.82) is 0 Å². The summed E-state index contributed by atoms with van der Waals surface area (Å²) in [5, 5.41) is 9.07. The molecule has 0 aliphatic rings. The number of halogens is 1. The van der Waals surface area contributed by atoms with Gasteiger partial charge in [-0.15, -0.1) is 35.5 Å². The maximum Gasteiger partial charge on any atom is 0.232 e. The first-order chi connectivity index (χ1) is 10.2. The lowest BCUT2D eigenvalue weighted by Gasteiger charge is -2.16. The standard InChI is InChI=1S/C14H19N3O2S2.ClH/c1-15-5-6-17(2)14(18)10-20-9-11-8-12(19-16-11)13-4-3-7-21-13;/h3-4,7-8,15H,5-6,9-10H2,1-2H3;1H. The van der Waals surface area contributed by atoms with Crippen molar-refractivity contribution in [2.24, 2.45) is 0 Å². The fourth-order valence-corrected chi connectivity index (χ4v) is 3.19. The molecule has 0 aliphatic carbocycles. The zero-order chi connectivity index (χ0) is 15.1. The molecule has 0 bridgehead atoms. The molecule has 0 spiro atoms. The van der Waals surface area contributed by atoms with Crippen molar-refractivity contribution in [3.63, 3.8) is 0 Å². The number of thioether (sulfide) groups is 1. The molecule has 122 valence electrons. The number of hydrogen-bond acceptors (Lipinski definition) is 6. The van der Waals surface area contributed by atoms with Crippen LogP contribution in [0.5, 0.6) is 0 Å². The molecular formula is C14H20ClN3O2S2. The van der Waals surface area contributed by atoms with Crippen molar-refractivity contribution in [3.05, 3.63) is 29.3 Å². The molecule has 0 aromatic carbocycles. The molecule has 8 heteroatoms. The number of carbonyl (C=O) groups is 1. The number of amides is 1. The minimum absolute atomic E-state index is 0. The second-order valence-corrected chi connectivity index (χ2v) is 6.50. The van der Waals surface area contributed by atoms with Crippen LogP contribution in [0.15, 0.2) is 28.1 Å². The second kappa shape index (κ2) is 9.89. The predicted octanol–water partition coefficient (Wildman–Crippen LogP) is 2.74. The number of aromatic nitrogens is 1. The molecule has 0 atom stereocenters. The lowest BCUT2D eigenvalue weighted by Crippen LogP contribution is -2.33. The van der Waals surface area contributed by atoms with Crippen molar-refractivity contribution in [1.82, 2.24) is 15.4 Å². The summed E-state index contributed by atoms with van der Waals surface area (Å²) >= 11 is 3.18. The van der Waals surface area contributed by atoms with Gasteiger partial charge in [-0.05, 0) is 18.5 Å². The van der Waals surface area contributed by atoms with Gasteiger partial charge in [-0.25, -0.2) is 0 Å². The van der Waals surface area contributed by atoms with Crippen molar-refractivity contribution in [3.8, 4) is 10.6 Å². The number of rotatable bonds is 8. The van der Waals surface area contributed by atoms with Crippen LogP contribution in [0.3, 0.4) is 0 Å². The highest BCUT2D eigenvalue weighted by atomic mass is 35.5. The Labute approximate surface area is 144 Å². The summed E-state index contributed by atoms with van der Waals surface area (Å²) in [7, 11) is 3.70. The summed E-state index contributed by atoms with van der Waals surface area (Å²) in [6, 6.07) is 5.92. The van der Waals surface area contributed by atoms with Crippen LogP contribution < -0.4 is 5.32 Å². The number of carbonyl (C=O) groups excluding carboxylic acids is 1. The molecule has 2 heterocycles. The number of likely N-dealkylation sites (N-methyl/N-ethyl adjacent to an activating group) is 2. The third-order valence-corrected chi connectivity index (χ3v) is 4.76. The van der Waals surface area contributed by atoms with Crippen molar-refractivity contribution >= 4 is 41.4 Å². The van der Waals surface area contributed by atoms with E-state index in [0.29, 0.717) is 11.5 Å². The number of hydrogen-bond donors (Lipinski definition) is 1. The summed E-state index contributed by atoms with van der Waals surface area (Å²) in [5.74, 6) is 2.07. The Balaban J connectivity index is 0.00000242. The number of thiophene rings is 1. The molecule has 2 aromatic heterocycles. The van der Waals surface area contributed by atoms with Gasteiger partial charge in [-0.3, -0.25) is 4.79 Å². The molecule has 1 N–H and O–H groups in total. The Kier molecular flexibility index (Phi) is 8.55. The molecular weight excluding hydrogens is 342 g/mol. The Morgan fingerprint density at radius 2 is 2.36 bits per heavy atom. The molecule has 22 heavy (non-hydrogen) atoms. The van der Waals surface area contributed by atoms with Gasteiger partial charge in [0.15, 0.2) is 5.76 Å². The largest absolute Gasteiger partial charge is 0.355 e. The van der Waals surface area contributed by atoms with E-state index in [1.54, 1.807) is 28.0 Å². The maximum absolute atomic E-state index is 11.9. The van der Waals surface area contributed by atoms with E-state index in [1.165, 1.54) is 0 Å². The fraction of sp³-hybridized carbons (Fsp3) is 0.429. The van der Waals surface area contributed by atoms with Gasteiger partial charge in [-0.2, -0.15) is 0 Å². The average molecular weight is 362 g/mol. The van der Waals surface area contributed by atoms with Crippen molar-refractivity contribution in [2.45, 2.75) is 5.75 Å². The van der Waals surface area contributed by atoms with Gasteiger partial charge in [0.05, 0.1) is 16.3 Å². The van der Waals surface area contributed by atoms with Crippen LogP contribution in [0.1, 0.15) is 5.69 Å². The molecule has 1 amide bonds. The molecule has 0 radical (unpaired) electrons. The van der Waals surface area contributed by atoms with Gasteiger partial charge in [0.1, 0.15) is 0 Å². The summed E-state index contributed by atoms with van der Waals surface area (Å²) in [4.78, 5) is 14.7. The van der Waals surface area contributed by atoms with Gasteiger partial charge in [-0.1, -0.05) is 11.2 Å². The summed E-state index contributed by atoms with van der Waals surface area (Å²) in [6.45, 7) is 1.53. The van der Waals surface area contributed by atoms with Crippen LogP contribution in [0.25, 0.3) is 10.6 Å². The number of nitrogens with zero attached hydrogens (tertiary/aromatic N) is 2. The molecule has 0 fully saturated rings. The first-order valence-corrected chi connectivity index (χ1v) is 8.70. The van der Waals surface area contributed by atoms with Gasteiger partial charge < -0.3 is 14.7 Å². The smallest absolute Gasteiger partial charge is 0.232 e. The highest BCUT2D eigenvalue weighted by Crippen LogP contribution is 2.26. The molecule has 0 saturated carbocycles. The average Bonchev–Trinajstić information content (AvgIpc) is 3.15. The quantitative estimate of drug-likeness (QED) is 0.783. The Morgan fingerprint density at radius 1 is 1.55 bits per heavy atom. The molecule has 0 unspecified atom stereocenters. The highest BCUT2D eigenvalue weighted by Gasteiger charge is 2.11. The van der Waals surface area contributed by atoms with Crippen molar-refractivity contribution < 1.29 is 9.32 Å². The summed E-state index contributed by atoms with van der Waals surface area (Å²) in [5.41, 5.74) is 0.870. The molecule has 0 aliphatic heterocycles. The molecule has 2 rings (SSSR count). The topological polar surface area (TPSA) is 58.4 Å².